The molecule has 1 aromatic carbocycles. The molecule has 0 aromatic heterocycles. The summed E-state index contributed by atoms with van der Waals surface area (Å²) in [5, 5.41) is 14.2. The minimum Gasteiger partial charge on any atom is -0.337 e. The molecule has 2 heterocycles. The Morgan fingerprint density at radius 2 is 2.10 bits per heavy atom. The quantitative estimate of drug-likeness (QED) is 0.665. The number of rotatable bonds is 2. The molecule has 21 heavy (non-hydrogen) atoms. The molecule has 2 atom stereocenters. The number of amides is 1. The van der Waals surface area contributed by atoms with Gasteiger partial charge in [-0.25, -0.2) is 4.39 Å². The monoisotopic (exact) mass is 293 g/mol. The Morgan fingerprint density at radius 3 is 2.86 bits per heavy atom. The molecule has 1 aromatic rings. The van der Waals surface area contributed by atoms with Crippen molar-refractivity contribution in [1.29, 1.82) is 0 Å². The van der Waals surface area contributed by atoms with Crippen LogP contribution >= 0.6 is 0 Å². The van der Waals surface area contributed by atoms with Crippen molar-refractivity contribution in [2.24, 2.45) is 0 Å². The summed E-state index contributed by atoms with van der Waals surface area (Å²) in [6, 6.07) is 3.73. The van der Waals surface area contributed by atoms with E-state index in [4.69, 9.17) is 0 Å². The fourth-order valence-electron chi connectivity index (χ4n) is 3.09. The first-order valence-corrected chi connectivity index (χ1v) is 7.04. The van der Waals surface area contributed by atoms with Gasteiger partial charge in [0.1, 0.15) is 5.82 Å². The number of nitro benzene ring substituents is 1. The highest BCUT2D eigenvalue weighted by Crippen LogP contribution is 2.23. The number of halogens is 1. The first-order valence-electron chi connectivity index (χ1n) is 7.04. The number of hydrogen-bond acceptors (Lipinski definition) is 4. The molecule has 2 bridgehead atoms. The number of nitrogens with one attached hydrogen (secondary N) is 1. The minimum atomic E-state index is -0.715. The number of carbonyl (C=O) groups is 1. The summed E-state index contributed by atoms with van der Waals surface area (Å²) < 4.78 is 13.8. The van der Waals surface area contributed by atoms with Crippen molar-refractivity contribution in [3.05, 3.63) is 39.7 Å². The second-order valence-electron chi connectivity index (χ2n) is 5.60. The average molecular weight is 293 g/mol. The molecule has 2 aliphatic rings. The highest BCUT2D eigenvalue weighted by molar-refractivity contribution is 5.95. The Balaban J connectivity index is 1.84. The fraction of sp³-hybridized carbons (Fsp3) is 0.500. The van der Waals surface area contributed by atoms with Crippen molar-refractivity contribution in [2.75, 3.05) is 13.1 Å². The molecular formula is C14H16FN3O3. The maximum atomic E-state index is 13.8. The molecule has 3 rings (SSSR count). The van der Waals surface area contributed by atoms with Crippen molar-refractivity contribution in [3.63, 3.8) is 0 Å². The largest absolute Gasteiger partial charge is 0.337 e. The predicted octanol–water partition coefficient (Wildman–Crippen LogP) is 1.70. The lowest BCUT2D eigenvalue weighted by Gasteiger charge is -2.24. The van der Waals surface area contributed by atoms with Crippen LogP contribution in [0.4, 0.5) is 10.1 Å². The van der Waals surface area contributed by atoms with Crippen molar-refractivity contribution in [1.82, 2.24) is 10.2 Å². The molecule has 2 aliphatic heterocycles. The number of benzene rings is 1. The zero-order chi connectivity index (χ0) is 15.0. The highest BCUT2D eigenvalue weighted by atomic mass is 19.1. The Kier molecular flexibility index (Phi) is 3.59. The van der Waals surface area contributed by atoms with Crippen LogP contribution < -0.4 is 5.32 Å². The van der Waals surface area contributed by atoms with Crippen LogP contribution in [0.3, 0.4) is 0 Å². The number of likely N-dealkylation sites (tertiary alicyclic amines) is 1. The molecule has 0 saturated carbocycles. The zero-order valence-electron chi connectivity index (χ0n) is 11.4. The summed E-state index contributed by atoms with van der Waals surface area (Å²) in [7, 11) is 0. The van der Waals surface area contributed by atoms with Gasteiger partial charge in [0.15, 0.2) is 0 Å². The Labute approximate surface area is 121 Å². The number of nitrogens with zero attached hydrogens (tertiary/aromatic N) is 2. The highest BCUT2D eigenvalue weighted by Gasteiger charge is 2.32. The van der Waals surface area contributed by atoms with Gasteiger partial charge >= 0.3 is 0 Å². The van der Waals surface area contributed by atoms with Crippen LogP contribution in [0.5, 0.6) is 0 Å². The van der Waals surface area contributed by atoms with Gasteiger partial charge in [-0.05, 0) is 25.3 Å². The van der Waals surface area contributed by atoms with Crippen LogP contribution in [0.25, 0.3) is 0 Å². The molecule has 0 spiro atoms. The standard InChI is InChI=1S/C14H16FN3O3/c15-13-4-3-11(18(20)21)7-12(13)14(19)17-6-5-9-1-2-10(8-17)16-9/h3-4,7,9-10,16H,1-2,5-6,8H2. The number of hydrogen-bond donors (Lipinski definition) is 1. The Hall–Kier alpha value is -2.02. The maximum absolute atomic E-state index is 13.8. The maximum Gasteiger partial charge on any atom is 0.270 e. The van der Waals surface area contributed by atoms with E-state index in [9.17, 15) is 19.3 Å². The summed E-state index contributed by atoms with van der Waals surface area (Å²) in [5.41, 5.74) is -0.490. The van der Waals surface area contributed by atoms with E-state index in [1.54, 1.807) is 4.90 Å². The fourth-order valence-corrected chi connectivity index (χ4v) is 3.09. The molecule has 7 heteroatoms. The first kappa shape index (κ1) is 13.9. The summed E-state index contributed by atoms with van der Waals surface area (Å²) in [6.07, 6.45) is 2.95. The van der Waals surface area contributed by atoms with E-state index in [-0.39, 0.29) is 17.3 Å². The lowest BCUT2D eigenvalue weighted by Crippen LogP contribution is -2.39. The van der Waals surface area contributed by atoms with Crippen molar-refractivity contribution < 1.29 is 14.1 Å². The average Bonchev–Trinajstić information content (AvgIpc) is 2.78. The molecule has 1 N–H and O–H groups in total. The number of non-ortho nitro benzene ring substituents is 1. The Bertz CT molecular complexity index is 593. The van der Waals surface area contributed by atoms with E-state index in [0.717, 1.165) is 37.5 Å². The topological polar surface area (TPSA) is 75.5 Å². The normalized spacial score (nSPS) is 24.7. The van der Waals surface area contributed by atoms with Crippen LogP contribution in [0, 0.1) is 15.9 Å². The first-order chi connectivity index (χ1) is 10.0. The van der Waals surface area contributed by atoms with Crippen LogP contribution in [-0.2, 0) is 0 Å². The summed E-state index contributed by atoms with van der Waals surface area (Å²) in [4.78, 5) is 24.2. The molecule has 0 aliphatic carbocycles. The van der Waals surface area contributed by atoms with Crippen LogP contribution in [0.1, 0.15) is 29.6 Å². The van der Waals surface area contributed by atoms with Crippen molar-refractivity contribution in [3.8, 4) is 0 Å². The van der Waals surface area contributed by atoms with E-state index in [2.05, 4.69) is 5.32 Å². The summed E-state index contributed by atoms with van der Waals surface area (Å²) in [5.74, 6) is -1.18. The van der Waals surface area contributed by atoms with Crippen LogP contribution in [0.15, 0.2) is 18.2 Å². The molecule has 0 radical (unpaired) electrons. The molecule has 2 saturated heterocycles. The summed E-state index contributed by atoms with van der Waals surface area (Å²) >= 11 is 0. The molecule has 1 amide bonds. The van der Waals surface area contributed by atoms with Gasteiger partial charge in [0.25, 0.3) is 11.6 Å². The molecule has 2 unspecified atom stereocenters. The van der Waals surface area contributed by atoms with Gasteiger partial charge in [0.05, 0.1) is 10.5 Å². The lowest BCUT2D eigenvalue weighted by molar-refractivity contribution is -0.384. The predicted molar refractivity (Wildman–Crippen MR) is 73.5 cm³/mol. The lowest BCUT2D eigenvalue weighted by atomic mass is 10.1. The van der Waals surface area contributed by atoms with Crippen molar-refractivity contribution in [2.45, 2.75) is 31.3 Å². The number of carbonyl (C=O) groups excluding carboxylic acids is 1. The van der Waals surface area contributed by atoms with E-state index >= 15 is 0 Å². The van der Waals surface area contributed by atoms with Gasteiger partial charge in [-0.3, -0.25) is 14.9 Å². The van der Waals surface area contributed by atoms with E-state index in [1.165, 1.54) is 0 Å². The van der Waals surface area contributed by atoms with Gasteiger partial charge < -0.3 is 10.2 Å². The van der Waals surface area contributed by atoms with Gasteiger partial charge in [-0.1, -0.05) is 0 Å². The zero-order valence-corrected chi connectivity index (χ0v) is 11.4. The molecule has 6 nitrogen and oxygen atoms in total. The third kappa shape index (κ3) is 2.73. The summed E-state index contributed by atoms with van der Waals surface area (Å²) in [6.45, 7) is 1.08. The molecule has 112 valence electrons. The van der Waals surface area contributed by atoms with Crippen molar-refractivity contribution >= 4 is 11.6 Å². The van der Waals surface area contributed by atoms with E-state index in [0.29, 0.717) is 19.1 Å². The smallest absolute Gasteiger partial charge is 0.270 e. The number of nitro groups is 1. The van der Waals surface area contributed by atoms with E-state index < -0.39 is 16.6 Å². The molecular weight excluding hydrogens is 277 g/mol. The second-order valence-corrected chi connectivity index (χ2v) is 5.60. The minimum absolute atomic E-state index is 0.220. The van der Waals surface area contributed by atoms with Gasteiger partial charge in [0, 0.05) is 37.3 Å². The van der Waals surface area contributed by atoms with Crippen LogP contribution in [0.2, 0.25) is 0 Å². The van der Waals surface area contributed by atoms with Crippen LogP contribution in [-0.4, -0.2) is 40.9 Å². The van der Waals surface area contributed by atoms with Gasteiger partial charge in [-0.15, -0.1) is 0 Å². The van der Waals surface area contributed by atoms with Gasteiger partial charge in [0.2, 0.25) is 0 Å². The SMILES string of the molecule is O=C(c1cc([N+](=O)[O-])ccc1F)N1CCC2CCC(C1)N2. The third-order valence-corrected chi connectivity index (χ3v) is 4.20. The number of fused-ring (bicyclic) bond motifs is 2. The van der Waals surface area contributed by atoms with E-state index in [1.807, 2.05) is 0 Å². The molecule has 2 fully saturated rings. The third-order valence-electron chi connectivity index (χ3n) is 4.20. The second kappa shape index (κ2) is 5.40. The Morgan fingerprint density at radius 1 is 1.33 bits per heavy atom. The van der Waals surface area contributed by atoms with Gasteiger partial charge in [-0.2, -0.15) is 0 Å².